The summed E-state index contributed by atoms with van der Waals surface area (Å²) in [5.41, 5.74) is 6.54. The van der Waals surface area contributed by atoms with E-state index < -0.39 is 15.8 Å². The van der Waals surface area contributed by atoms with Gasteiger partial charge in [-0.05, 0) is 44.6 Å². The van der Waals surface area contributed by atoms with E-state index in [9.17, 15) is 12.8 Å². The average molecular weight is 301 g/mol. The fourth-order valence-corrected chi connectivity index (χ4v) is 3.82. The lowest BCUT2D eigenvalue weighted by Gasteiger charge is -2.21. The lowest BCUT2D eigenvalue weighted by Crippen LogP contribution is -2.35. The first-order chi connectivity index (χ1) is 9.32. The lowest BCUT2D eigenvalue weighted by molar-refractivity contribution is 0.347. The van der Waals surface area contributed by atoms with Crippen LogP contribution in [0, 0.1) is 12.7 Å². The molecule has 0 aliphatic carbocycles. The highest BCUT2D eigenvalue weighted by Crippen LogP contribution is 2.25. The molecule has 1 saturated heterocycles. The molecule has 1 aromatic rings. The molecule has 20 heavy (non-hydrogen) atoms. The molecule has 0 bridgehead atoms. The highest BCUT2D eigenvalue weighted by Gasteiger charge is 2.29. The van der Waals surface area contributed by atoms with Crippen LogP contribution in [0.15, 0.2) is 17.0 Å². The first kappa shape index (κ1) is 15.2. The number of anilines is 1. The Hall–Kier alpha value is -1.18. The van der Waals surface area contributed by atoms with Gasteiger partial charge in [0.15, 0.2) is 0 Å². The topological polar surface area (TPSA) is 66.6 Å². The molecule has 2 N–H and O–H groups in total. The van der Waals surface area contributed by atoms with Crippen molar-refractivity contribution in [2.75, 3.05) is 39.0 Å². The Morgan fingerprint density at radius 1 is 1.20 bits per heavy atom. The van der Waals surface area contributed by atoms with Gasteiger partial charge in [0, 0.05) is 25.3 Å². The minimum atomic E-state index is -3.83. The molecule has 1 aliphatic heterocycles. The molecule has 0 spiro atoms. The van der Waals surface area contributed by atoms with Crippen molar-refractivity contribution in [3.05, 3.63) is 23.5 Å². The van der Waals surface area contributed by atoms with Gasteiger partial charge in [-0.2, -0.15) is 4.31 Å². The van der Waals surface area contributed by atoms with Gasteiger partial charge in [0.05, 0.1) is 0 Å². The van der Waals surface area contributed by atoms with Crippen molar-refractivity contribution in [1.82, 2.24) is 9.21 Å². The van der Waals surface area contributed by atoms with Crippen LogP contribution in [0.1, 0.15) is 12.0 Å². The van der Waals surface area contributed by atoms with Gasteiger partial charge in [0.2, 0.25) is 10.0 Å². The van der Waals surface area contributed by atoms with Crippen LogP contribution in [0.3, 0.4) is 0 Å². The maximum Gasteiger partial charge on any atom is 0.246 e. The zero-order chi connectivity index (χ0) is 14.9. The average Bonchev–Trinajstić information content (AvgIpc) is 2.59. The largest absolute Gasteiger partial charge is 0.398 e. The number of nitrogens with two attached hydrogens (primary N) is 1. The molecule has 0 atom stereocenters. The fraction of sp³-hybridized carbons (Fsp3) is 0.538. The van der Waals surface area contributed by atoms with E-state index in [0.29, 0.717) is 25.2 Å². The number of halogens is 1. The summed E-state index contributed by atoms with van der Waals surface area (Å²) in [7, 11) is -1.88. The SMILES string of the molecule is Cc1cc(F)c(S(=O)(=O)N2CCCN(C)CC2)cc1N. The van der Waals surface area contributed by atoms with Gasteiger partial charge in [-0.1, -0.05) is 0 Å². The molecule has 1 fully saturated rings. The van der Waals surface area contributed by atoms with Gasteiger partial charge in [-0.15, -0.1) is 0 Å². The summed E-state index contributed by atoms with van der Waals surface area (Å²) in [5, 5.41) is 0. The predicted molar refractivity (Wildman–Crippen MR) is 76.4 cm³/mol. The van der Waals surface area contributed by atoms with Crippen LogP contribution in [-0.4, -0.2) is 50.8 Å². The molecule has 1 aliphatic rings. The van der Waals surface area contributed by atoms with Crippen molar-refractivity contribution in [3.8, 4) is 0 Å². The summed E-state index contributed by atoms with van der Waals surface area (Å²) in [5.74, 6) is -0.741. The van der Waals surface area contributed by atoms with E-state index in [1.54, 1.807) is 6.92 Å². The third-order valence-corrected chi connectivity index (χ3v) is 5.53. The second-order valence-corrected chi connectivity index (χ2v) is 7.11. The molecule has 7 heteroatoms. The van der Waals surface area contributed by atoms with Crippen LogP contribution in [-0.2, 0) is 10.0 Å². The third kappa shape index (κ3) is 2.94. The van der Waals surface area contributed by atoms with Crippen LogP contribution in [0.2, 0.25) is 0 Å². The van der Waals surface area contributed by atoms with E-state index in [2.05, 4.69) is 4.90 Å². The molecule has 112 valence electrons. The number of rotatable bonds is 2. The number of benzene rings is 1. The lowest BCUT2D eigenvalue weighted by atomic mass is 10.2. The molecule has 1 aromatic carbocycles. The second-order valence-electron chi connectivity index (χ2n) is 5.20. The first-order valence-corrected chi connectivity index (χ1v) is 8.00. The molecular formula is C13H20FN3O2S. The van der Waals surface area contributed by atoms with Crippen molar-refractivity contribution in [2.24, 2.45) is 0 Å². The van der Waals surface area contributed by atoms with Crippen LogP contribution in [0.5, 0.6) is 0 Å². The Labute approximate surface area is 119 Å². The van der Waals surface area contributed by atoms with Crippen molar-refractivity contribution < 1.29 is 12.8 Å². The van der Waals surface area contributed by atoms with Gasteiger partial charge >= 0.3 is 0 Å². The normalized spacial score (nSPS) is 18.9. The molecule has 5 nitrogen and oxygen atoms in total. The minimum absolute atomic E-state index is 0.289. The van der Waals surface area contributed by atoms with Crippen molar-refractivity contribution in [2.45, 2.75) is 18.2 Å². The fourth-order valence-electron chi connectivity index (χ4n) is 2.27. The summed E-state index contributed by atoms with van der Waals surface area (Å²) in [6.07, 6.45) is 0.735. The molecule has 0 amide bonds. The molecule has 0 aromatic heterocycles. The molecule has 1 heterocycles. The third-order valence-electron chi connectivity index (χ3n) is 3.62. The number of likely N-dealkylation sites (N-methyl/N-ethyl adjacent to an activating group) is 1. The minimum Gasteiger partial charge on any atom is -0.398 e. The molecular weight excluding hydrogens is 281 g/mol. The van der Waals surface area contributed by atoms with Gasteiger partial charge in [-0.25, -0.2) is 12.8 Å². The smallest absolute Gasteiger partial charge is 0.246 e. The first-order valence-electron chi connectivity index (χ1n) is 6.56. The summed E-state index contributed by atoms with van der Waals surface area (Å²) in [6, 6.07) is 2.39. The molecule has 0 radical (unpaired) electrons. The standard InChI is InChI=1S/C13H20FN3O2S/c1-10-8-11(14)13(9-12(10)15)20(18,19)17-5-3-4-16(2)6-7-17/h8-9H,3-7,15H2,1-2H3. The number of hydrogen-bond acceptors (Lipinski definition) is 4. The highest BCUT2D eigenvalue weighted by molar-refractivity contribution is 7.89. The number of aryl methyl sites for hydroxylation is 1. The quantitative estimate of drug-likeness (QED) is 0.829. The molecule has 2 rings (SSSR count). The van der Waals surface area contributed by atoms with E-state index in [0.717, 1.165) is 13.0 Å². The van der Waals surface area contributed by atoms with E-state index in [-0.39, 0.29) is 10.6 Å². The van der Waals surface area contributed by atoms with E-state index in [1.165, 1.54) is 16.4 Å². The summed E-state index contributed by atoms with van der Waals surface area (Å²) in [4.78, 5) is 1.74. The van der Waals surface area contributed by atoms with Crippen molar-refractivity contribution in [1.29, 1.82) is 0 Å². The number of sulfonamides is 1. The Balaban J connectivity index is 2.37. The van der Waals surface area contributed by atoms with E-state index in [4.69, 9.17) is 5.73 Å². The van der Waals surface area contributed by atoms with Gasteiger partial charge in [-0.3, -0.25) is 0 Å². The number of hydrogen-bond donors (Lipinski definition) is 1. The Morgan fingerprint density at radius 3 is 2.60 bits per heavy atom. The monoisotopic (exact) mass is 301 g/mol. The number of nitrogens with zero attached hydrogens (tertiary/aromatic N) is 2. The van der Waals surface area contributed by atoms with E-state index in [1.807, 2.05) is 7.05 Å². The Morgan fingerprint density at radius 2 is 1.90 bits per heavy atom. The van der Waals surface area contributed by atoms with Crippen LogP contribution in [0.25, 0.3) is 0 Å². The second kappa shape index (κ2) is 5.67. The Kier molecular flexibility index (Phi) is 4.31. The van der Waals surface area contributed by atoms with Gasteiger partial charge in [0.25, 0.3) is 0 Å². The summed E-state index contributed by atoms with van der Waals surface area (Å²) in [6.45, 7) is 3.90. The van der Waals surface area contributed by atoms with Crippen LogP contribution in [0.4, 0.5) is 10.1 Å². The highest BCUT2D eigenvalue weighted by atomic mass is 32.2. The predicted octanol–water partition coefficient (Wildman–Crippen LogP) is 1.04. The van der Waals surface area contributed by atoms with Crippen molar-refractivity contribution >= 4 is 15.7 Å². The Bertz CT molecular complexity index is 604. The summed E-state index contributed by atoms with van der Waals surface area (Å²) >= 11 is 0. The van der Waals surface area contributed by atoms with Gasteiger partial charge in [0.1, 0.15) is 10.7 Å². The molecule has 0 saturated carbocycles. The maximum absolute atomic E-state index is 14.0. The van der Waals surface area contributed by atoms with Crippen LogP contribution >= 0.6 is 0 Å². The molecule has 0 unspecified atom stereocenters. The van der Waals surface area contributed by atoms with Gasteiger partial charge < -0.3 is 10.6 Å². The van der Waals surface area contributed by atoms with Crippen molar-refractivity contribution in [3.63, 3.8) is 0 Å². The number of nitrogen functional groups attached to an aromatic ring is 1. The maximum atomic E-state index is 14.0. The van der Waals surface area contributed by atoms with Crippen LogP contribution < -0.4 is 5.73 Å². The summed E-state index contributed by atoms with van der Waals surface area (Å²) < 4.78 is 40.4. The zero-order valence-corrected chi connectivity index (χ0v) is 12.6. The zero-order valence-electron chi connectivity index (χ0n) is 11.8. The van der Waals surface area contributed by atoms with E-state index >= 15 is 0 Å².